The standard InChI is InChI=1S/C19H23N5O/c25-18(14-5-3-6-14)24-12-4-7-15(13-24)16-9-11-21-19(22-16)23-17-8-1-2-10-20-17/h1-2,8-11,14-15H,3-7,12-13H2,(H,20,21,22,23)/t15-/m1/s1. The first-order chi connectivity index (χ1) is 12.3. The van der Waals surface area contributed by atoms with E-state index in [1.165, 1.54) is 6.42 Å². The molecule has 0 bridgehead atoms. The fourth-order valence-corrected chi connectivity index (χ4v) is 3.54. The zero-order chi connectivity index (χ0) is 17.1. The Morgan fingerprint density at radius 2 is 2.00 bits per heavy atom. The molecule has 1 aliphatic heterocycles. The smallest absolute Gasteiger partial charge is 0.228 e. The van der Waals surface area contributed by atoms with Crippen molar-refractivity contribution in [3.05, 3.63) is 42.4 Å². The summed E-state index contributed by atoms with van der Waals surface area (Å²) in [4.78, 5) is 27.8. The molecule has 25 heavy (non-hydrogen) atoms. The van der Waals surface area contributed by atoms with E-state index in [1.807, 2.05) is 29.2 Å². The predicted octanol–water partition coefficient (Wildman–Crippen LogP) is 3.12. The number of hydrogen-bond donors (Lipinski definition) is 1. The predicted molar refractivity (Wildman–Crippen MR) is 95.4 cm³/mol. The molecule has 2 aromatic rings. The van der Waals surface area contributed by atoms with Crippen LogP contribution in [0.2, 0.25) is 0 Å². The Balaban J connectivity index is 1.45. The third-order valence-corrected chi connectivity index (χ3v) is 5.19. The van der Waals surface area contributed by atoms with Crippen LogP contribution in [0.1, 0.15) is 43.7 Å². The van der Waals surface area contributed by atoms with E-state index in [4.69, 9.17) is 0 Å². The summed E-state index contributed by atoms with van der Waals surface area (Å²) >= 11 is 0. The Hall–Kier alpha value is -2.50. The number of aromatic nitrogens is 3. The van der Waals surface area contributed by atoms with Gasteiger partial charge in [0.1, 0.15) is 5.82 Å². The molecule has 0 spiro atoms. The number of nitrogens with one attached hydrogen (secondary N) is 1. The topological polar surface area (TPSA) is 71.0 Å². The summed E-state index contributed by atoms with van der Waals surface area (Å²) in [5.74, 6) is 2.18. The van der Waals surface area contributed by atoms with Crippen LogP contribution in [0, 0.1) is 5.92 Å². The van der Waals surface area contributed by atoms with Gasteiger partial charge in [-0.25, -0.2) is 15.0 Å². The van der Waals surface area contributed by atoms with Gasteiger partial charge >= 0.3 is 0 Å². The van der Waals surface area contributed by atoms with E-state index in [9.17, 15) is 4.79 Å². The number of hydrogen-bond acceptors (Lipinski definition) is 5. The van der Waals surface area contributed by atoms with Gasteiger partial charge in [0.25, 0.3) is 0 Å². The first-order valence-electron chi connectivity index (χ1n) is 9.09. The van der Waals surface area contributed by atoms with Gasteiger partial charge in [-0.1, -0.05) is 12.5 Å². The second-order valence-electron chi connectivity index (χ2n) is 6.90. The molecule has 2 fully saturated rings. The van der Waals surface area contributed by atoms with Crippen molar-refractivity contribution < 1.29 is 4.79 Å². The molecule has 130 valence electrons. The Morgan fingerprint density at radius 1 is 1.08 bits per heavy atom. The summed E-state index contributed by atoms with van der Waals surface area (Å²) in [6, 6.07) is 7.64. The highest BCUT2D eigenvalue weighted by Gasteiger charge is 2.32. The van der Waals surface area contributed by atoms with E-state index in [2.05, 4.69) is 20.3 Å². The lowest BCUT2D eigenvalue weighted by atomic mass is 9.83. The van der Waals surface area contributed by atoms with Crippen LogP contribution in [0.5, 0.6) is 0 Å². The van der Waals surface area contributed by atoms with Gasteiger partial charge in [0.15, 0.2) is 0 Å². The third kappa shape index (κ3) is 3.62. The molecule has 2 aromatic heterocycles. The number of pyridine rings is 1. The number of nitrogens with zero attached hydrogens (tertiary/aromatic N) is 4. The maximum Gasteiger partial charge on any atom is 0.228 e. The SMILES string of the molecule is O=C(C1CCC1)N1CCC[C@@H](c2ccnc(Nc3ccccn3)n2)C1. The fraction of sp³-hybridized carbons (Fsp3) is 0.474. The van der Waals surface area contributed by atoms with Crippen molar-refractivity contribution in [3.63, 3.8) is 0 Å². The average molecular weight is 337 g/mol. The molecule has 0 radical (unpaired) electrons. The molecule has 6 heteroatoms. The normalized spacial score (nSPS) is 20.8. The second kappa shape index (κ2) is 7.17. The van der Waals surface area contributed by atoms with Crippen LogP contribution in [-0.2, 0) is 4.79 Å². The first kappa shape index (κ1) is 16.0. The first-order valence-corrected chi connectivity index (χ1v) is 9.09. The Labute approximate surface area is 147 Å². The van der Waals surface area contributed by atoms with E-state index in [-0.39, 0.29) is 11.8 Å². The van der Waals surface area contributed by atoms with Crippen molar-refractivity contribution in [3.8, 4) is 0 Å². The monoisotopic (exact) mass is 337 g/mol. The molecule has 6 nitrogen and oxygen atoms in total. The molecule has 1 atom stereocenters. The fourth-order valence-electron chi connectivity index (χ4n) is 3.54. The minimum atomic E-state index is 0.269. The molecule has 0 aromatic carbocycles. The van der Waals surface area contributed by atoms with Crippen LogP contribution in [0.3, 0.4) is 0 Å². The van der Waals surface area contributed by atoms with Crippen LogP contribution < -0.4 is 5.32 Å². The molecule has 1 saturated carbocycles. The van der Waals surface area contributed by atoms with Gasteiger partial charge < -0.3 is 10.2 Å². The van der Waals surface area contributed by atoms with Crippen molar-refractivity contribution in [1.82, 2.24) is 19.9 Å². The lowest BCUT2D eigenvalue weighted by Crippen LogP contribution is -2.44. The summed E-state index contributed by atoms with van der Waals surface area (Å²) in [7, 11) is 0. The molecule has 1 N–H and O–H groups in total. The highest BCUT2D eigenvalue weighted by atomic mass is 16.2. The van der Waals surface area contributed by atoms with E-state index < -0.39 is 0 Å². The number of likely N-dealkylation sites (tertiary alicyclic amines) is 1. The van der Waals surface area contributed by atoms with E-state index in [1.54, 1.807) is 12.4 Å². The Bertz CT molecular complexity index is 732. The average Bonchev–Trinajstić information content (AvgIpc) is 2.61. The molecular formula is C19H23N5O. The molecular weight excluding hydrogens is 314 g/mol. The minimum Gasteiger partial charge on any atom is -0.342 e. The summed E-state index contributed by atoms with van der Waals surface area (Å²) < 4.78 is 0. The van der Waals surface area contributed by atoms with Crippen molar-refractivity contribution in [1.29, 1.82) is 0 Å². The highest BCUT2D eigenvalue weighted by molar-refractivity contribution is 5.79. The van der Waals surface area contributed by atoms with Crippen molar-refractivity contribution in [2.75, 3.05) is 18.4 Å². The number of rotatable bonds is 4. The molecule has 1 saturated heterocycles. The third-order valence-electron chi connectivity index (χ3n) is 5.19. The molecule has 2 aliphatic rings. The minimum absolute atomic E-state index is 0.269. The summed E-state index contributed by atoms with van der Waals surface area (Å²) in [5.41, 5.74) is 1.000. The van der Waals surface area contributed by atoms with Crippen LogP contribution >= 0.6 is 0 Å². The van der Waals surface area contributed by atoms with Gasteiger partial charge in [-0.15, -0.1) is 0 Å². The quantitative estimate of drug-likeness (QED) is 0.928. The van der Waals surface area contributed by atoms with Gasteiger partial charge in [-0.3, -0.25) is 4.79 Å². The summed E-state index contributed by atoms with van der Waals surface area (Å²) in [6.07, 6.45) is 8.93. The molecule has 1 amide bonds. The van der Waals surface area contributed by atoms with Gasteiger partial charge in [0, 0.05) is 37.3 Å². The van der Waals surface area contributed by atoms with Crippen LogP contribution in [-0.4, -0.2) is 38.8 Å². The number of piperidine rings is 1. The van der Waals surface area contributed by atoms with Crippen molar-refractivity contribution in [2.45, 2.75) is 38.0 Å². The molecule has 3 heterocycles. The summed E-state index contributed by atoms with van der Waals surface area (Å²) in [6.45, 7) is 1.66. The number of anilines is 2. The molecule has 4 rings (SSSR count). The molecule has 1 aliphatic carbocycles. The zero-order valence-corrected chi connectivity index (χ0v) is 14.3. The van der Waals surface area contributed by atoms with Crippen LogP contribution in [0.15, 0.2) is 36.7 Å². The largest absolute Gasteiger partial charge is 0.342 e. The van der Waals surface area contributed by atoms with Crippen LogP contribution in [0.25, 0.3) is 0 Å². The number of carbonyl (C=O) groups excluding carboxylic acids is 1. The summed E-state index contributed by atoms with van der Waals surface area (Å²) in [5, 5.41) is 3.14. The number of carbonyl (C=O) groups is 1. The van der Waals surface area contributed by atoms with Gasteiger partial charge in [0.2, 0.25) is 11.9 Å². The highest BCUT2D eigenvalue weighted by Crippen LogP contribution is 2.32. The Morgan fingerprint density at radius 3 is 2.76 bits per heavy atom. The second-order valence-corrected chi connectivity index (χ2v) is 6.90. The van der Waals surface area contributed by atoms with Gasteiger partial charge in [-0.2, -0.15) is 0 Å². The lowest BCUT2D eigenvalue weighted by molar-refractivity contribution is -0.139. The van der Waals surface area contributed by atoms with E-state index >= 15 is 0 Å². The van der Waals surface area contributed by atoms with E-state index in [0.29, 0.717) is 11.9 Å². The maximum atomic E-state index is 12.5. The molecule has 0 unspecified atom stereocenters. The van der Waals surface area contributed by atoms with Crippen molar-refractivity contribution in [2.24, 2.45) is 5.92 Å². The number of amides is 1. The maximum absolute atomic E-state index is 12.5. The van der Waals surface area contributed by atoms with Gasteiger partial charge in [-0.05, 0) is 43.9 Å². The van der Waals surface area contributed by atoms with Crippen molar-refractivity contribution >= 4 is 17.7 Å². The Kier molecular flexibility index (Phi) is 4.59. The van der Waals surface area contributed by atoms with Crippen LogP contribution in [0.4, 0.5) is 11.8 Å². The van der Waals surface area contributed by atoms with E-state index in [0.717, 1.165) is 50.3 Å². The lowest BCUT2D eigenvalue weighted by Gasteiger charge is -2.37. The zero-order valence-electron chi connectivity index (χ0n) is 14.3. The van der Waals surface area contributed by atoms with Gasteiger partial charge in [0.05, 0.1) is 5.69 Å².